The fourth-order valence-electron chi connectivity index (χ4n) is 2.69. The highest BCUT2D eigenvalue weighted by Gasteiger charge is 2.17. The topological polar surface area (TPSA) is 53.0 Å². The molecule has 5 nitrogen and oxygen atoms in total. The first-order chi connectivity index (χ1) is 11.5. The highest BCUT2D eigenvalue weighted by molar-refractivity contribution is 5.78. The van der Waals surface area contributed by atoms with Crippen molar-refractivity contribution in [2.75, 3.05) is 46.4 Å². The van der Waals surface area contributed by atoms with Gasteiger partial charge < -0.3 is 14.7 Å². The van der Waals surface area contributed by atoms with Crippen LogP contribution in [0.1, 0.15) is 17.5 Å². The van der Waals surface area contributed by atoms with Crippen molar-refractivity contribution in [3.8, 4) is 0 Å². The number of aryl methyl sites for hydroxylation is 1. The minimum atomic E-state index is -0.530. The molecule has 1 saturated heterocycles. The first-order valence-electron chi connectivity index (χ1n) is 8.50. The molecule has 1 aromatic carbocycles. The summed E-state index contributed by atoms with van der Waals surface area (Å²) in [6, 6.07) is 8.17. The van der Waals surface area contributed by atoms with Crippen molar-refractivity contribution in [1.29, 1.82) is 0 Å². The molecule has 1 fully saturated rings. The zero-order valence-electron chi connectivity index (χ0n) is 14.6. The molecule has 5 heteroatoms. The van der Waals surface area contributed by atoms with E-state index >= 15 is 0 Å². The number of aliphatic hydroxyl groups excluding tert-OH is 1. The average molecular weight is 332 g/mol. The Labute approximate surface area is 144 Å². The van der Waals surface area contributed by atoms with Crippen LogP contribution in [0.4, 0.5) is 0 Å². The van der Waals surface area contributed by atoms with E-state index in [4.69, 9.17) is 4.74 Å². The normalized spacial score (nSPS) is 17.1. The Balaban J connectivity index is 1.71. The molecule has 2 rings (SSSR count). The maximum Gasteiger partial charge on any atom is 0.226 e. The number of benzene rings is 1. The lowest BCUT2D eigenvalue weighted by Crippen LogP contribution is -2.44. The smallest absolute Gasteiger partial charge is 0.226 e. The van der Waals surface area contributed by atoms with Crippen LogP contribution < -0.4 is 0 Å². The molecule has 1 aromatic rings. The minimum Gasteiger partial charge on any atom is -0.390 e. The van der Waals surface area contributed by atoms with Crippen LogP contribution in [0.15, 0.2) is 30.3 Å². The number of carbonyl (C=O) groups is 1. The molecule has 0 radical (unpaired) electrons. The van der Waals surface area contributed by atoms with Crippen molar-refractivity contribution in [3.63, 3.8) is 0 Å². The number of β-amino-alcohol motifs (C(OH)–C–C–N with tert-alkyl or cyclic N) is 1. The Morgan fingerprint density at radius 2 is 2.00 bits per heavy atom. The first kappa shape index (κ1) is 18.6. The van der Waals surface area contributed by atoms with Gasteiger partial charge in [-0.2, -0.15) is 0 Å². The number of rotatable bonds is 7. The number of likely N-dealkylation sites (N-methyl/N-ethyl adjacent to an activating group) is 1. The number of aliphatic hydroxyl groups is 1. The van der Waals surface area contributed by atoms with E-state index in [0.717, 1.165) is 18.7 Å². The predicted octanol–water partition coefficient (Wildman–Crippen LogP) is 1.55. The largest absolute Gasteiger partial charge is 0.390 e. The molecular weight excluding hydrogens is 304 g/mol. The molecule has 132 valence electrons. The Kier molecular flexibility index (Phi) is 7.43. The maximum atomic E-state index is 12.1. The number of hydrogen-bond acceptors (Lipinski definition) is 4. The number of ether oxygens (including phenoxy) is 1. The monoisotopic (exact) mass is 332 g/mol. The van der Waals surface area contributed by atoms with E-state index in [-0.39, 0.29) is 5.91 Å². The molecule has 1 aliphatic rings. The van der Waals surface area contributed by atoms with Crippen LogP contribution in [0.5, 0.6) is 0 Å². The summed E-state index contributed by atoms with van der Waals surface area (Å²) in [5.74, 6) is 0.0133. The molecule has 1 aliphatic heterocycles. The van der Waals surface area contributed by atoms with Crippen LogP contribution in [0.25, 0.3) is 6.08 Å². The molecule has 1 N–H and O–H groups in total. The molecule has 0 spiro atoms. The summed E-state index contributed by atoms with van der Waals surface area (Å²) >= 11 is 0. The van der Waals surface area contributed by atoms with Crippen molar-refractivity contribution < 1.29 is 14.6 Å². The first-order valence-corrected chi connectivity index (χ1v) is 8.50. The highest BCUT2D eigenvalue weighted by atomic mass is 16.5. The van der Waals surface area contributed by atoms with E-state index < -0.39 is 6.10 Å². The Bertz CT molecular complexity index is 536. The van der Waals surface area contributed by atoms with Gasteiger partial charge in [-0.05, 0) is 12.5 Å². The third-order valence-electron chi connectivity index (χ3n) is 4.16. The van der Waals surface area contributed by atoms with Crippen molar-refractivity contribution in [2.45, 2.75) is 19.4 Å². The van der Waals surface area contributed by atoms with Gasteiger partial charge in [-0.1, -0.05) is 42.0 Å². The fraction of sp³-hybridized carbons (Fsp3) is 0.526. The Morgan fingerprint density at radius 1 is 1.33 bits per heavy atom. The van der Waals surface area contributed by atoms with E-state index in [1.807, 2.05) is 31.2 Å². The van der Waals surface area contributed by atoms with Crippen LogP contribution in [0.3, 0.4) is 0 Å². The SMILES string of the molecule is Cc1ccc(C=CCC(=O)N(C)CC(O)CN2CCOCC2)cc1. The molecule has 1 unspecified atom stereocenters. The summed E-state index contributed by atoms with van der Waals surface area (Å²) in [6.07, 6.45) is 3.64. The lowest BCUT2D eigenvalue weighted by molar-refractivity contribution is -0.130. The summed E-state index contributed by atoms with van der Waals surface area (Å²) in [6.45, 7) is 6.10. The molecule has 1 atom stereocenters. The quantitative estimate of drug-likeness (QED) is 0.823. The number of nitrogens with zero attached hydrogens (tertiary/aromatic N) is 2. The molecule has 24 heavy (non-hydrogen) atoms. The van der Waals surface area contributed by atoms with Crippen molar-refractivity contribution in [1.82, 2.24) is 9.80 Å². The summed E-state index contributed by atoms with van der Waals surface area (Å²) in [5.41, 5.74) is 2.31. The summed E-state index contributed by atoms with van der Waals surface area (Å²) in [4.78, 5) is 15.9. The summed E-state index contributed by atoms with van der Waals surface area (Å²) in [5, 5.41) is 10.2. The molecule has 0 aromatic heterocycles. The second-order valence-corrected chi connectivity index (χ2v) is 6.36. The van der Waals surface area contributed by atoms with E-state index in [1.54, 1.807) is 11.9 Å². The third-order valence-corrected chi connectivity index (χ3v) is 4.16. The summed E-state index contributed by atoms with van der Waals surface area (Å²) in [7, 11) is 1.74. The zero-order valence-corrected chi connectivity index (χ0v) is 14.6. The second-order valence-electron chi connectivity index (χ2n) is 6.36. The lowest BCUT2D eigenvalue weighted by atomic mass is 10.1. The van der Waals surface area contributed by atoms with Gasteiger partial charge in [0.1, 0.15) is 0 Å². The van der Waals surface area contributed by atoms with E-state index in [9.17, 15) is 9.90 Å². The Hall–Kier alpha value is -1.69. The standard InChI is InChI=1S/C19H28N2O3/c1-16-6-8-17(9-7-16)4-3-5-19(23)20(2)14-18(22)15-21-10-12-24-13-11-21/h3-4,6-9,18,22H,5,10-15H2,1-2H3. The van der Waals surface area contributed by atoms with Crippen LogP contribution >= 0.6 is 0 Å². The summed E-state index contributed by atoms with van der Waals surface area (Å²) < 4.78 is 5.29. The zero-order chi connectivity index (χ0) is 17.4. The molecule has 0 aliphatic carbocycles. The maximum absolute atomic E-state index is 12.1. The van der Waals surface area contributed by atoms with Gasteiger partial charge in [-0.15, -0.1) is 0 Å². The van der Waals surface area contributed by atoms with Crippen molar-refractivity contribution >= 4 is 12.0 Å². The van der Waals surface area contributed by atoms with Gasteiger partial charge in [-0.3, -0.25) is 9.69 Å². The van der Waals surface area contributed by atoms with Gasteiger partial charge in [0.25, 0.3) is 0 Å². The third kappa shape index (κ3) is 6.43. The van der Waals surface area contributed by atoms with E-state index in [2.05, 4.69) is 17.0 Å². The van der Waals surface area contributed by atoms with Gasteiger partial charge in [0.2, 0.25) is 5.91 Å². The molecular formula is C19H28N2O3. The average Bonchev–Trinajstić information content (AvgIpc) is 2.57. The number of morpholine rings is 1. The predicted molar refractivity (Wildman–Crippen MR) is 95.7 cm³/mol. The van der Waals surface area contributed by atoms with Crippen LogP contribution in [-0.4, -0.2) is 73.4 Å². The van der Waals surface area contributed by atoms with E-state index in [0.29, 0.717) is 32.7 Å². The molecule has 0 bridgehead atoms. The molecule has 1 heterocycles. The Morgan fingerprint density at radius 3 is 2.67 bits per heavy atom. The van der Waals surface area contributed by atoms with Gasteiger partial charge in [-0.25, -0.2) is 0 Å². The lowest BCUT2D eigenvalue weighted by Gasteiger charge is -2.30. The van der Waals surface area contributed by atoms with Crippen LogP contribution in [-0.2, 0) is 9.53 Å². The highest BCUT2D eigenvalue weighted by Crippen LogP contribution is 2.06. The number of amides is 1. The van der Waals surface area contributed by atoms with Crippen LogP contribution in [0.2, 0.25) is 0 Å². The van der Waals surface area contributed by atoms with Gasteiger partial charge in [0, 0.05) is 39.6 Å². The van der Waals surface area contributed by atoms with Gasteiger partial charge in [0.05, 0.1) is 19.3 Å². The number of carbonyl (C=O) groups excluding carboxylic acids is 1. The molecule has 0 saturated carbocycles. The van der Waals surface area contributed by atoms with Gasteiger partial charge in [0.15, 0.2) is 0 Å². The molecule has 1 amide bonds. The van der Waals surface area contributed by atoms with Crippen LogP contribution in [0, 0.1) is 6.92 Å². The van der Waals surface area contributed by atoms with Gasteiger partial charge >= 0.3 is 0 Å². The minimum absolute atomic E-state index is 0.0133. The number of hydrogen-bond donors (Lipinski definition) is 1. The van der Waals surface area contributed by atoms with E-state index in [1.165, 1.54) is 5.56 Å². The van der Waals surface area contributed by atoms with Crippen molar-refractivity contribution in [3.05, 3.63) is 41.5 Å². The fourth-order valence-corrected chi connectivity index (χ4v) is 2.69. The second kappa shape index (κ2) is 9.57. The van der Waals surface area contributed by atoms with Crippen molar-refractivity contribution in [2.24, 2.45) is 0 Å².